The van der Waals surface area contributed by atoms with E-state index in [1.165, 1.54) is 12.2 Å². The van der Waals surface area contributed by atoms with Crippen molar-refractivity contribution in [2.45, 2.75) is 89.1 Å². The molecule has 2 aromatic heterocycles. The molecule has 2 aromatic carbocycles. The molecule has 74 heavy (non-hydrogen) atoms. The van der Waals surface area contributed by atoms with Crippen molar-refractivity contribution in [3.8, 4) is 0 Å². The van der Waals surface area contributed by atoms with Crippen LogP contribution >= 0.6 is 0 Å². The third-order valence-corrected chi connectivity index (χ3v) is 15.0. The molecule has 2 saturated heterocycles. The first-order valence-corrected chi connectivity index (χ1v) is 25.6. The molecule has 8 rings (SSSR count). The zero-order chi connectivity index (χ0) is 52.9. The number of aromatic nitrogens is 4. The van der Waals surface area contributed by atoms with E-state index < -0.39 is 22.9 Å². The van der Waals surface area contributed by atoms with Gasteiger partial charge in [-0.15, -0.1) is 0 Å². The number of hydrogen-bond acceptors (Lipinski definition) is 10. The normalized spacial score (nSPS) is 21.0. The number of hydrogen-bond donors (Lipinski definition) is 6. The van der Waals surface area contributed by atoms with Crippen LogP contribution < -0.4 is 21.3 Å². The number of benzene rings is 2. The highest BCUT2D eigenvalue weighted by Gasteiger charge is 2.48. The number of nitrogens with zero attached hydrogens (tertiary/aromatic N) is 8. The maximum absolute atomic E-state index is 14.6. The molecule has 2 fully saturated rings. The van der Waals surface area contributed by atoms with Gasteiger partial charge in [0.25, 0.3) is 0 Å². The van der Waals surface area contributed by atoms with Gasteiger partial charge < -0.3 is 50.7 Å². The Morgan fingerprint density at radius 3 is 1.65 bits per heavy atom. The second-order valence-electron chi connectivity index (χ2n) is 21.2. The van der Waals surface area contributed by atoms with Gasteiger partial charge in [0.15, 0.2) is 11.6 Å². The fourth-order valence-corrected chi connectivity index (χ4v) is 10.9. The van der Waals surface area contributed by atoms with Crippen molar-refractivity contribution in [2.24, 2.45) is 11.8 Å². The number of carbonyl (C=O) groups is 6. The second-order valence-corrected chi connectivity index (χ2v) is 21.2. The molecule has 0 bridgehead atoms. The number of urea groups is 2. The van der Waals surface area contributed by atoms with Gasteiger partial charge in [-0.1, -0.05) is 73.3 Å². The summed E-state index contributed by atoms with van der Waals surface area (Å²) in [7, 11) is 7.83. The summed E-state index contributed by atoms with van der Waals surface area (Å²) in [5.74, 6) is -1.30. The summed E-state index contributed by atoms with van der Waals surface area (Å²) in [4.78, 5) is 93.4. The average molecular weight is 1010 g/mol. The highest BCUT2D eigenvalue weighted by Crippen LogP contribution is 2.44. The summed E-state index contributed by atoms with van der Waals surface area (Å²) in [6.45, 7) is 12.4. The van der Waals surface area contributed by atoms with E-state index in [0.717, 1.165) is 22.4 Å². The summed E-state index contributed by atoms with van der Waals surface area (Å²) in [6, 6.07) is 18.5. The van der Waals surface area contributed by atoms with Gasteiger partial charge in [-0.05, 0) is 104 Å². The summed E-state index contributed by atoms with van der Waals surface area (Å²) in [6.07, 6.45) is 7.20. The molecular weight excluding hydrogens is 941 g/mol. The Hall–Kier alpha value is -7.32. The van der Waals surface area contributed by atoms with Crippen LogP contribution in [0.3, 0.4) is 0 Å². The summed E-state index contributed by atoms with van der Waals surface area (Å²) < 4.78 is 0. The Morgan fingerprint density at radius 1 is 0.689 bits per heavy atom. The number of fused-ring (bicyclic) bond motifs is 2. The first-order valence-electron chi connectivity index (χ1n) is 25.6. The van der Waals surface area contributed by atoms with Gasteiger partial charge in [0.1, 0.15) is 0 Å². The first kappa shape index (κ1) is 53.0. The number of carbonyl (C=O) groups excluding carboxylic acids is 6. The summed E-state index contributed by atoms with van der Waals surface area (Å²) in [5.41, 5.74) is 2.92. The van der Waals surface area contributed by atoms with Gasteiger partial charge in [0, 0.05) is 50.4 Å². The van der Waals surface area contributed by atoms with E-state index in [0.29, 0.717) is 74.8 Å². The number of likely N-dealkylation sites (tertiary alicyclic amines) is 2. The number of piperidine rings is 2. The zero-order valence-corrected chi connectivity index (χ0v) is 43.7. The number of amides is 8. The molecule has 20 nitrogen and oxygen atoms in total. The van der Waals surface area contributed by atoms with Gasteiger partial charge in [0.05, 0.1) is 59.5 Å². The van der Waals surface area contributed by atoms with Gasteiger partial charge >= 0.3 is 12.1 Å². The van der Waals surface area contributed by atoms with Crippen molar-refractivity contribution in [1.29, 1.82) is 0 Å². The molecular formula is C54H72N14O6. The number of H-pyrrole nitrogens is 2. The lowest BCUT2D eigenvalue weighted by Crippen LogP contribution is -2.49. The highest BCUT2D eigenvalue weighted by molar-refractivity contribution is 5.95. The molecule has 0 radical (unpaired) electrons. The molecule has 5 atom stereocenters. The monoisotopic (exact) mass is 1010 g/mol. The van der Waals surface area contributed by atoms with Crippen LogP contribution in [-0.2, 0) is 43.3 Å². The molecule has 4 aromatic rings. The number of rotatable bonds is 16. The number of aromatic amines is 2. The predicted molar refractivity (Wildman–Crippen MR) is 281 cm³/mol. The average Bonchev–Trinajstić information content (AvgIpc) is 4.14. The fraction of sp³-hybridized carbons (Fsp3) is 0.481. The molecule has 4 aliphatic heterocycles. The van der Waals surface area contributed by atoms with Crippen molar-refractivity contribution in [1.82, 2.24) is 60.4 Å². The van der Waals surface area contributed by atoms with Crippen LogP contribution in [0.25, 0.3) is 0 Å². The maximum Gasteiger partial charge on any atom is 0.319 e. The van der Waals surface area contributed by atoms with E-state index in [1.54, 1.807) is 25.7 Å². The molecule has 0 spiro atoms. The second kappa shape index (κ2) is 22.4. The predicted octanol–water partition coefficient (Wildman–Crippen LogP) is 5.43. The van der Waals surface area contributed by atoms with Gasteiger partial charge in [-0.3, -0.25) is 29.4 Å². The molecule has 20 heteroatoms. The van der Waals surface area contributed by atoms with Crippen LogP contribution in [0.5, 0.6) is 0 Å². The van der Waals surface area contributed by atoms with Crippen molar-refractivity contribution in [2.75, 3.05) is 78.1 Å². The Balaban J connectivity index is 0.940. The first-order chi connectivity index (χ1) is 35.4. The number of nitrogens with one attached hydrogen (secondary N) is 6. The van der Waals surface area contributed by atoms with E-state index in [2.05, 4.69) is 48.2 Å². The zero-order valence-electron chi connectivity index (χ0n) is 43.7. The molecule has 6 heterocycles. The van der Waals surface area contributed by atoms with Crippen LogP contribution in [-0.4, -0.2) is 153 Å². The van der Waals surface area contributed by atoms with Crippen molar-refractivity contribution < 1.29 is 28.8 Å². The fourth-order valence-electron chi connectivity index (χ4n) is 10.9. The maximum atomic E-state index is 14.6. The molecule has 1 unspecified atom stereocenters. The summed E-state index contributed by atoms with van der Waals surface area (Å²) in [5, 5.41) is 27.7. The third kappa shape index (κ3) is 11.4. The largest absolute Gasteiger partial charge is 0.338 e. The topological polar surface area (TPSA) is 227 Å². The quantitative estimate of drug-likeness (QED) is 0.0781. The lowest BCUT2D eigenvalue weighted by atomic mass is 9.93. The Bertz CT molecular complexity index is 2740. The SMILES string of the molecule is C=CC(=O)N1CCC[C@H](C(=O)Nc2n[nH]c3c2CN(C(=O)N[C@H](CN(C)C)c2ccccc2)C3(C)C/C=C/C(=O)N2CCC[C@@H](C(=O)Nc3n[nH]c4c3CN(C(=O)N[C@H](CN(C)C)c3ccccc3)C4(C)C)C2)C1. The molecule has 0 aliphatic carbocycles. The molecule has 6 N–H and O–H groups in total. The van der Waals surface area contributed by atoms with Gasteiger partial charge in [0.2, 0.25) is 23.6 Å². The standard InChI is InChI=1S/C54H72N14O6/c1-9-43(69)65-27-17-23-37(29-65)49(71)58-48-40-32-68(52(74)56-42(34-64(7)8)36-21-14-11-15-22-36)54(4,46(40)60-62-48)26-16-25-44(70)66-28-18-24-38(30-66)50(72)57-47-39-31-67(53(2,3)45(39)59-61-47)51(73)55-41(33-63(5)6)35-19-12-10-13-20-35/h9-16,19-22,25,37-38,41-42H,1,17-18,23-24,26-34H2,2-8H3,(H,55,73)(H,56,74)(H2,57,59,61,72)(H2,58,60,62,71)/b25-16+/t37-,38+,41+,42+,54?/m0/s1. The molecule has 394 valence electrons. The van der Waals surface area contributed by atoms with E-state index in [9.17, 15) is 28.8 Å². The van der Waals surface area contributed by atoms with Crippen molar-refractivity contribution >= 4 is 47.3 Å². The minimum absolute atomic E-state index is 0.122. The minimum Gasteiger partial charge on any atom is -0.338 e. The molecule has 4 aliphatic rings. The van der Waals surface area contributed by atoms with Crippen LogP contribution in [0, 0.1) is 11.8 Å². The minimum atomic E-state index is -1.03. The van der Waals surface area contributed by atoms with Crippen molar-refractivity contribution in [3.63, 3.8) is 0 Å². The third-order valence-electron chi connectivity index (χ3n) is 15.0. The Labute approximate surface area is 433 Å². The lowest BCUT2D eigenvalue weighted by molar-refractivity contribution is -0.131. The van der Waals surface area contributed by atoms with Crippen LogP contribution in [0.15, 0.2) is 85.5 Å². The Morgan fingerprint density at radius 2 is 1.15 bits per heavy atom. The number of anilines is 2. The smallest absolute Gasteiger partial charge is 0.319 e. The lowest BCUT2D eigenvalue weighted by Gasteiger charge is -2.36. The molecule has 8 amide bonds. The number of likely N-dealkylation sites (N-methyl/N-ethyl adjacent to an activating group) is 2. The highest BCUT2D eigenvalue weighted by atomic mass is 16.2. The van der Waals surface area contributed by atoms with E-state index >= 15 is 0 Å². The van der Waals surface area contributed by atoms with E-state index in [4.69, 9.17) is 0 Å². The van der Waals surface area contributed by atoms with E-state index in [1.807, 2.05) is 119 Å². The summed E-state index contributed by atoms with van der Waals surface area (Å²) >= 11 is 0. The Kier molecular flexibility index (Phi) is 16.1. The van der Waals surface area contributed by atoms with E-state index in [-0.39, 0.29) is 80.4 Å². The molecule has 0 saturated carbocycles. The van der Waals surface area contributed by atoms with Crippen molar-refractivity contribution in [3.05, 3.63) is 119 Å². The van der Waals surface area contributed by atoms with Crippen LogP contribution in [0.1, 0.15) is 98.6 Å². The van der Waals surface area contributed by atoms with Gasteiger partial charge in [-0.2, -0.15) is 10.2 Å². The van der Waals surface area contributed by atoms with Gasteiger partial charge in [-0.25, -0.2) is 9.59 Å². The van der Waals surface area contributed by atoms with Crippen LogP contribution in [0.2, 0.25) is 0 Å². The van der Waals surface area contributed by atoms with Crippen LogP contribution in [0.4, 0.5) is 21.2 Å².